The van der Waals surface area contributed by atoms with E-state index in [1.807, 2.05) is 11.8 Å². The second-order valence-electron chi connectivity index (χ2n) is 7.73. The molecule has 2 aromatic rings. The average Bonchev–Trinajstić information content (AvgIpc) is 3.16. The number of likely N-dealkylation sites (tertiary alicyclic amines) is 1. The van der Waals surface area contributed by atoms with Crippen molar-refractivity contribution in [2.75, 3.05) is 19.6 Å². The molecule has 0 saturated carbocycles. The van der Waals surface area contributed by atoms with E-state index in [-0.39, 0.29) is 26.3 Å². The maximum absolute atomic E-state index is 14.9. The summed E-state index contributed by atoms with van der Waals surface area (Å²) in [7, 11) is 0. The number of rotatable bonds is 4. The van der Waals surface area contributed by atoms with Crippen molar-refractivity contribution in [2.45, 2.75) is 30.8 Å². The normalized spacial score (nSPS) is 23.3. The maximum Gasteiger partial charge on any atom is 0.435 e. The van der Waals surface area contributed by atoms with Gasteiger partial charge in [0, 0.05) is 25.1 Å². The summed E-state index contributed by atoms with van der Waals surface area (Å²) in [6.45, 7) is 3.30. The number of benzene rings is 2. The minimum atomic E-state index is -4.81. The Morgan fingerprint density at radius 2 is 1.61 bits per heavy atom. The van der Waals surface area contributed by atoms with Gasteiger partial charge in [-0.3, -0.25) is 4.90 Å². The standard InChI is InChI=1S/C21H17Cl3F4N2O/c1-2-30-10-19(25,11-30)13-5-3-12(4-6-13)17-9-20(31-29-17,21(26,27)28)14-7-15(22)18(24)16(23)8-14/h3-8H,2,9-11H2,1H3. The van der Waals surface area contributed by atoms with E-state index < -0.39 is 23.9 Å². The molecule has 31 heavy (non-hydrogen) atoms. The summed E-state index contributed by atoms with van der Waals surface area (Å²) < 4.78 is 57.3. The van der Waals surface area contributed by atoms with Gasteiger partial charge in [0.25, 0.3) is 5.60 Å². The summed E-state index contributed by atoms with van der Waals surface area (Å²) in [5, 5.41) is 3.42. The molecule has 1 fully saturated rings. The fourth-order valence-electron chi connectivity index (χ4n) is 3.88. The highest BCUT2D eigenvalue weighted by Crippen LogP contribution is 2.50. The molecule has 2 aliphatic heterocycles. The summed E-state index contributed by atoms with van der Waals surface area (Å²) in [6, 6.07) is 8.42. The number of halogens is 7. The fraction of sp³-hybridized carbons (Fsp3) is 0.381. The molecule has 0 N–H and O–H groups in total. The molecule has 0 aromatic heterocycles. The maximum atomic E-state index is 14.9. The number of hydrogen-bond donors (Lipinski definition) is 0. The van der Waals surface area contributed by atoms with Crippen molar-refractivity contribution in [2.24, 2.45) is 5.16 Å². The molecule has 0 spiro atoms. The monoisotopic (exact) mass is 494 g/mol. The van der Waals surface area contributed by atoms with Crippen LogP contribution in [0.5, 0.6) is 0 Å². The molecule has 166 valence electrons. The van der Waals surface area contributed by atoms with Gasteiger partial charge >= 0.3 is 6.18 Å². The van der Waals surface area contributed by atoms with Gasteiger partial charge in [-0.25, -0.2) is 4.39 Å². The molecule has 1 saturated heterocycles. The third-order valence-corrected chi connectivity index (χ3v) is 6.96. The zero-order chi connectivity index (χ0) is 22.6. The molecular formula is C21H17Cl3F4N2O. The van der Waals surface area contributed by atoms with Gasteiger partial charge in [0.05, 0.1) is 20.8 Å². The van der Waals surface area contributed by atoms with Crippen molar-refractivity contribution in [3.8, 4) is 0 Å². The topological polar surface area (TPSA) is 24.8 Å². The van der Waals surface area contributed by atoms with Crippen LogP contribution in [0.3, 0.4) is 0 Å². The third kappa shape index (κ3) is 3.80. The summed E-state index contributed by atoms with van der Waals surface area (Å²) in [5.41, 5.74) is -3.52. The largest absolute Gasteiger partial charge is 0.435 e. The van der Waals surface area contributed by atoms with E-state index in [2.05, 4.69) is 5.16 Å². The minimum absolute atomic E-state index is 0.0445. The van der Waals surface area contributed by atoms with Crippen molar-refractivity contribution in [3.63, 3.8) is 0 Å². The second kappa shape index (κ2) is 7.80. The van der Waals surface area contributed by atoms with Crippen LogP contribution in [0.25, 0.3) is 0 Å². The molecule has 3 nitrogen and oxygen atoms in total. The van der Waals surface area contributed by atoms with Crippen LogP contribution in [0.2, 0.25) is 15.1 Å². The van der Waals surface area contributed by atoms with Gasteiger partial charge in [-0.05, 0) is 29.8 Å². The van der Waals surface area contributed by atoms with E-state index in [1.165, 1.54) is 0 Å². The first-order chi connectivity index (χ1) is 14.5. The number of likely N-dealkylation sites (N-methyl/N-ethyl adjacent to an activating group) is 1. The zero-order valence-corrected chi connectivity index (χ0v) is 18.5. The first-order valence-corrected chi connectivity index (χ1v) is 10.6. The average molecular weight is 496 g/mol. The van der Waals surface area contributed by atoms with Crippen LogP contribution in [-0.2, 0) is 16.1 Å². The van der Waals surface area contributed by atoms with Crippen molar-refractivity contribution in [1.82, 2.24) is 4.90 Å². The van der Waals surface area contributed by atoms with Gasteiger partial charge < -0.3 is 4.84 Å². The molecular weight excluding hydrogens is 479 g/mol. The van der Waals surface area contributed by atoms with Crippen LogP contribution >= 0.6 is 34.8 Å². The molecule has 10 heteroatoms. The second-order valence-corrected chi connectivity index (χ2v) is 8.92. The van der Waals surface area contributed by atoms with Crippen LogP contribution < -0.4 is 0 Å². The number of oxime groups is 1. The lowest BCUT2D eigenvalue weighted by molar-refractivity contribution is -0.275. The molecule has 0 bridgehead atoms. The predicted molar refractivity (Wildman–Crippen MR) is 113 cm³/mol. The number of hydrogen-bond acceptors (Lipinski definition) is 3. The Kier molecular flexibility index (Phi) is 5.70. The Morgan fingerprint density at radius 1 is 1.03 bits per heavy atom. The Bertz CT molecular complexity index is 1010. The van der Waals surface area contributed by atoms with Crippen LogP contribution in [0.15, 0.2) is 41.6 Å². The van der Waals surface area contributed by atoms with Gasteiger partial charge in [0.15, 0.2) is 5.67 Å². The van der Waals surface area contributed by atoms with E-state index in [0.29, 0.717) is 24.2 Å². The SMILES string of the molecule is CCN1CC(F)(c2ccc(C3=NOC(c4cc(Cl)c(Cl)c(Cl)c4)(C(F)(F)F)C3)cc2)C1. The highest BCUT2D eigenvalue weighted by atomic mass is 35.5. The van der Waals surface area contributed by atoms with Gasteiger partial charge in [-0.15, -0.1) is 0 Å². The molecule has 2 heterocycles. The van der Waals surface area contributed by atoms with Gasteiger partial charge in [-0.2, -0.15) is 13.2 Å². The predicted octanol–water partition coefficient (Wildman–Crippen LogP) is 6.73. The Labute approximate surface area is 191 Å². The molecule has 0 radical (unpaired) electrons. The van der Waals surface area contributed by atoms with Crippen molar-refractivity contribution in [1.29, 1.82) is 0 Å². The van der Waals surface area contributed by atoms with Crippen molar-refractivity contribution >= 4 is 40.5 Å². The van der Waals surface area contributed by atoms with E-state index >= 15 is 0 Å². The zero-order valence-electron chi connectivity index (χ0n) is 16.2. The number of nitrogens with zero attached hydrogens (tertiary/aromatic N) is 2. The first-order valence-electron chi connectivity index (χ1n) is 9.48. The van der Waals surface area contributed by atoms with Crippen LogP contribution in [0, 0.1) is 0 Å². The summed E-state index contributed by atoms with van der Waals surface area (Å²) in [6.07, 6.45) is -5.40. The van der Waals surface area contributed by atoms with E-state index in [9.17, 15) is 17.6 Å². The highest BCUT2D eigenvalue weighted by molar-refractivity contribution is 6.48. The molecule has 0 aliphatic carbocycles. The fourth-order valence-corrected chi connectivity index (χ4v) is 4.47. The molecule has 1 atom stereocenters. The Balaban J connectivity index is 1.61. The van der Waals surface area contributed by atoms with E-state index in [1.54, 1.807) is 24.3 Å². The van der Waals surface area contributed by atoms with Crippen LogP contribution in [0.1, 0.15) is 30.0 Å². The number of alkyl halides is 4. The Morgan fingerprint density at radius 3 is 2.13 bits per heavy atom. The van der Waals surface area contributed by atoms with Crippen LogP contribution in [-0.4, -0.2) is 36.4 Å². The van der Waals surface area contributed by atoms with Gasteiger partial charge in [0.2, 0.25) is 0 Å². The van der Waals surface area contributed by atoms with E-state index in [0.717, 1.165) is 18.7 Å². The lowest BCUT2D eigenvalue weighted by Gasteiger charge is -2.44. The van der Waals surface area contributed by atoms with Crippen molar-refractivity contribution < 1.29 is 22.4 Å². The molecule has 2 aliphatic rings. The molecule has 2 aromatic carbocycles. The summed E-state index contributed by atoms with van der Waals surface area (Å²) in [5.74, 6) is 0. The quantitative estimate of drug-likeness (QED) is 0.347. The molecule has 4 rings (SSSR count). The minimum Gasteiger partial charge on any atom is -0.374 e. The molecule has 1 unspecified atom stereocenters. The lowest BCUT2D eigenvalue weighted by Crippen LogP contribution is -2.56. The Hall–Kier alpha value is -1.54. The highest BCUT2D eigenvalue weighted by Gasteiger charge is 2.62. The van der Waals surface area contributed by atoms with Gasteiger partial charge in [0.1, 0.15) is 0 Å². The summed E-state index contributed by atoms with van der Waals surface area (Å²) in [4.78, 5) is 6.95. The van der Waals surface area contributed by atoms with E-state index in [4.69, 9.17) is 39.6 Å². The summed E-state index contributed by atoms with van der Waals surface area (Å²) >= 11 is 17.8. The van der Waals surface area contributed by atoms with Gasteiger partial charge in [-0.1, -0.05) is 71.1 Å². The smallest absolute Gasteiger partial charge is 0.374 e. The molecule has 0 amide bonds. The third-order valence-electron chi connectivity index (χ3n) is 5.77. The first kappa shape index (κ1) is 22.6. The lowest BCUT2D eigenvalue weighted by atomic mass is 9.85. The van der Waals surface area contributed by atoms with Crippen LogP contribution in [0.4, 0.5) is 17.6 Å². The van der Waals surface area contributed by atoms with Crippen molar-refractivity contribution in [3.05, 3.63) is 68.2 Å².